The summed E-state index contributed by atoms with van der Waals surface area (Å²) in [6.45, 7) is 5.80. The molecule has 0 spiro atoms. The number of hydrogen-bond donors (Lipinski definition) is 1. The third kappa shape index (κ3) is 3.22. The number of halogens is 1. The lowest BCUT2D eigenvalue weighted by molar-refractivity contribution is 0.217. The van der Waals surface area contributed by atoms with Crippen LogP contribution in [0.25, 0.3) is 11.3 Å². The van der Waals surface area contributed by atoms with Crippen LogP contribution in [0.2, 0.25) is 0 Å². The molecule has 1 unspecified atom stereocenters. The average molecular weight is 351 g/mol. The van der Waals surface area contributed by atoms with Crippen molar-refractivity contribution in [3.8, 4) is 17.4 Å². The quantitative estimate of drug-likeness (QED) is 0.767. The highest BCUT2D eigenvalue weighted by molar-refractivity contribution is 5.66. The molecular formula is C20H18FN3O2. The van der Waals surface area contributed by atoms with Crippen LogP contribution in [-0.4, -0.2) is 15.2 Å². The van der Waals surface area contributed by atoms with Crippen molar-refractivity contribution in [2.75, 3.05) is 0 Å². The zero-order valence-corrected chi connectivity index (χ0v) is 14.7. The number of hydrogen-bond acceptors (Lipinski definition) is 5. The van der Waals surface area contributed by atoms with E-state index in [2.05, 4.69) is 10.1 Å². The van der Waals surface area contributed by atoms with E-state index in [9.17, 15) is 9.50 Å². The first kappa shape index (κ1) is 17.8. The molecule has 1 N–H and O–H groups in total. The van der Waals surface area contributed by atoms with Gasteiger partial charge in [-0.1, -0.05) is 32.0 Å². The number of aromatic nitrogens is 2. The molecule has 1 aromatic carbocycles. The molecule has 3 rings (SSSR count). The first-order valence-electron chi connectivity index (χ1n) is 8.11. The molecule has 0 bridgehead atoms. The third-order valence-electron chi connectivity index (χ3n) is 4.05. The van der Waals surface area contributed by atoms with Crippen LogP contribution in [0.5, 0.6) is 0 Å². The molecule has 3 aromatic rings. The number of aliphatic hydroxyl groups is 1. The van der Waals surface area contributed by atoms with Crippen LogP contribution < -0.4 is 0 Å². The second-order valence-electron chi connectivity index (χ2n) is 7.02. The first-order chi connectivity index (χ1) is 12.3. The molecule has 0 radical (unpaired) electrons. The molecule has 0 aliphatic heterocycles. The molecule has 2 aromatic heterocycles. The molecule has 0 saturated heterocycles. The van der Waals surface area contributed by atoms with Gasteiger partial charge in [0.05, 0.1) is 28.5 Å². The van der Waals surface area contributed by atoms with E-state index >= 15 is 0 Å². The summed E-state index contributed by atoms with van der Waals surface area (Å²) in [5.74, 6) is -0.464. The SMILES string of the molecule is CC(C)(C)c1noc(-c2ccc(C#N)cc2F)c1C(O)c1cccnc1. The lowest BCUT2D eigenvalue weighted by Gasteiger charge is -2.20. The van der Waals surface area contributed by atoms with Crippen molar-refractivity contribution in [2.24, 2.45) is 0 Å². The molecule has 0 aliphatic carbocycles. The van der Waals surface area contributed by atoms with Gasteiger partial charge < -0.3 is 9.63 Å². The minimum atomic E-state index is -1.07. The summed E-state index contributed by atoms with van der Waals surface area (Å²) in [7, 11) is 0. The zero-order chi connectivity index (χ0) is 18.9. The van der Waals surface area contributed by atoms with Gasteiger partial charge in [-0.2, -0.15) is 5.26 Å². The molecular weight excluding hydrogens is 333 g/mol. The van der Waals surface area contributed by atoms with Crippen molar-refractivity contribution in [3.63, 3.8) is 0 Å². The van der Waals surface area contributed by atoms with Gasteiger partial charge in [0.25, 0.3) is 0 Å². The number of nitriles is 1. The number of nitrogens with zero attached hydrogens (tertiary/aromatic N) is 3. The summed E-state index contributed by atoms with van der Waals surface area (Å²) < 4.78 is 20.0. The largest absolute Gasteiger partial charge is 0.383 e. The molecule has 26 heavy (non-hydrogen) atoms. The lowest BCUT2D eigenvalue weighted by Crippen LogP contribution is -2.16. The molecule has 1 atom stereocenters. The molecule has 0 aliphatic rings. The fourth-order valence-corrected chi connectivity index (χ4v) is 2.76. The van der Waals surface area contributed by atoms with Crippen LogP contribution >= 0.6 is 0 Å². The van der Waals surface area contributed by atoms with Crippen LogP contribution in [0.1, 0.15) is 49.3 Å². The Kier molecular flexibility index (Phi) is 4.58. The van der Waals surface area contributed by atoms with Gasteiger partial charge in [-0.3, -0.25) is 4.98 Å². The van der Waals surface area contributed by atoms with Gasteiger partial charge in [0.15, 0.2) is 5.76 Å². The lowest BCUT2D eigenvalue weighted by atomic mass is 9.85. The highest BCUT2D eigenvalue weighted by Gasteiger charge is 2.32. The fraction of sp³-hybridized carbons (Fsp3) is 0.250. The summed E-state index contributed by atoms with van der Waals surface area (Å²) >= 11 is 0. The predicted octanol–water partition coefficient (Wildman–Crippen LogP) is 4.13. The van der Waals surface area contributed by atoms with Gasteiger partial charge in [0.1, 0.15) is 11.9 Å². The number of pyridine rings is 1. The van der Waals surface area contributed by atoms with Gasteiger partial charge in [-0.25, -0.2) is 4.39 Å². The van der Waals surface area contributed by atoms with Crippen LogP contribution in [-0.2, 0) is 5.41 Å². The van der Waals surface area contributed by atoms with E-state index in [1.54, 1.807) is 24.5 Å². The topological polar surface area (TPSA) is 82.9 Å². The first-order valence-corrected chi connectivity index (χ1v) is 8.11. The second kappa shape index (κ2) is 6.70. The molecule has 132 valence electrons. The monoisotopic (exact) mass is 351 g/mol. The molecule has 0 saturated carbocycles. The van der Waals surface area contributed by atoms with Gasteiger partial charge in [-0.05, 0) is 24.3 Å². The van der Waals surface area contributed by atoms with Crippen molar-refractivity contribution < 1.29 is 14.0 Å². The van der Waals surface area contributed by atoms with Crippen molar-refractivity contribution in [1.29, 1.82) is 5.26 Å². The summed E-state index contributed by atoms with van der Waals surface area (Å²) in [4.78, 5) is 4.03. The number of rotatable bonds is 3. The normalized spacial score (nSPS) is 12.6. The molecule has 5 nitrogen and oxygen atoms in total. The van der Waals surface area contributed by atoms with Gasteiger partial charge in [0, 0.05) is 23.4 Å². The van der Waals surface area contributed by atoms with E-state index in [0.717, 1.165) is 6.07 Å². The van der Waals surface area contributed by atoms with Crippen molar-refractivity contribution in [3.05, 3.63) is 70.9 Å². The Hall–Kier alpha value is -3.04. The maximum Gasteiger partial charge on any atom is 0.176 e. The van der Waals surface area contributed by atoms with E-state index in [1.807, 2.05) is 26.8 Å². The maximum absolute atomic E-state index is 14.5. The summed E-state index contributed by atoms with van der Waals surface area (Å²) in [5, 5.41) is 24.0. The van der Waals surface area contributed by atoms with Gasteiger partial charge >= 0.3 is 0 Å². The van der Waals surface area contributed by atoms with E-state index in [0.29, 0.717) is 16.8 Å². The van der Waals surface area contributed by atoms with Crippen LogP contribution in [0.15, 0.2) is 47.2 Å². The highest BCUT2D eigenvalue weighted by Crippen LogP contribution is 2.39. The summed E-state index contributed by atoms with van der Waals surface area (Å²) in [5.41, 5.74) is 1.41. The highest BCUT2D eigenvalue weighted by atomic mass is 19.1. The van der Waals surface area contributed by atoms with E-state index in [4.69, 9.17) is 9.78 Å². The van der Waals surface area contributed by atoms with E-state index in [-0.39, 0.29) is 16.9 Å². The van der Waals surface area contributed by atoms with Crippen LogP contribution in [0, 0.1) is 17.1 Å². The Bertz CT molecular complexity index is 969. The van der Waals surface area contributed by atoms with Gasteiger partial charge in [-0.15, -0.1) is 0 Å². The fourth-order valence-electron chi connectivity index (χ4n) is 2.76. The Balaban J connectivity index is 2.22. The molecule has 0 fully saturated rings. The number of benzene rings is 1. The average Bonchev–Trinajstić information content (AvgIpc) is 3.06. The number of aliphatic hydroxyl groups excluding tert-OH is 1. The van der Waals surface area contributed by atoms with Crippen molar-refractivity contribution in [2.45, 2.75) is 32.3 Å². The Morgan fingerprint density at radius 3 is 2.62 bits per heavy atom. The van der Waals surface area contributed by atoms with Crippen LogP contribution in [0.4, 0.5) is 4.39 Å². The minimum Gasteiger partial charge on any atom is -0.383 e. The Labute approximate surface area is 150 Å². The Morgan fingerprint density at radius 1 is 1.27 bits per heavy atom. The van der Waals surface area contributed by atoms with E-state index < -0.39 is 17.3 Å². The van der Waals surface area contributed by atoms with Crippen molar-refractivity contribution in [1.82, 2.24) is 10.1 Å². The second-order valence-corrected chi connectivity index (χ2v) is 7.02. The molecule has 6 heteroatoms. The standard InChI is InChI=1S/C20H18FN3O2/c1-20(2,3)19-16(17(25)13-5-4-8-23-11-13)18(26-24-19)14-7-6-12(10-22)9-15(14)21/h4-9,11,17,25H,1-3H3. The third-order valence-corrected chi connectivity index (χ3v) is 4.05. The predicted molar refractivity (Wildman–Crippen MR) is 93.6 cm³/mol. The maximum atomic E-state index is 14.5. The van der Waals surface area contributed by atoms with E-state index in [1.165, 1.54) is 12.1 Å². The van der Waals surface area contributed by atoms with Crippen LogP contribution in [0.3, 0.4) is 0 Å². The zero-order valence-electron chi connectivity index (χ0n) is 14.7. The Morgan fingerprint density at radius 2 is 2.04 bits per heavy atom. The van der Waals surface area contributed by atoms with Gasteiger partial charge in [0.2, 0.25) is 0 Å². The summed E-state index contributed by atoms with van der Waals surface area (Å²) in [6, 6.07) is 9.43. The smallest absolute Gasteiger partial charge is 0.176 e. The molecule has 0 amide bonds. The summed E-state index contributed by atoms with van der Waals surface area (Å²) in [6.07, 6.45) is 2.08. The molecule has 2 heterocycles. The minimum absolute atomic E-state index is 0.143. The van der Waals surface area contributed by atoms with Crippen molar-refractivity contribution >= 4 is 0 Å².